The van der Waals surface area contributed by atoms with Crippen LogP contribution < -0.4 is 10.6 Å². The molecular formula is C22H22FN3O4. The molecule has 7 nitrogen and oxygen atoms in total. The van der Waals surface area contributed by atoms with Gasteiger partial charge in [0.05, 0.1) is 0 Å². The molecule has 0 radical (unpaired) electrons. The summed E-state index contributed by atoms with van der Waals surface area (Å²) in [4.78, 5) is 39.7. The minimum absolute atomic E-state index is 0.203. The lowest BCUT2D eigenvalue weighted by Crippen LogP contribution is -2.44. The molecule has 3 rings (SSSR count). The number of H-pyrrole nitrogens is 1. The van der Waals surface area contributed by atoms with Crippen molar-refractivity contribution in [2.75, 3.05) is 5.32 Å². The van der Waals surface area contributed by atoms with Gasteiger partial charge in [0.2, 0.25) is 5.91 Å². The summed E-state index contributed by atoms with van der Waals surface area (Å²) >= 11 is 0. The molecule has 0 aliphatic heterocycles. The quantitative estimate of drug-likeness (QED) is 0.521. The van der Waals surface area contributed by atoms with Crippen molar-refractivity contribution in [3.05, 3.63) is 66.1 Å². The molecule has 0 fully saturated rings. The number of benzene rings is 2. The number of rotatable bonds is 7. The van der Waals surface area contributed by atoms with Gasteiger partial charge in [0.25, 0.3) is 5.91 Å². The number of ether oxygens (including phenoxy) is 1. The first-order valence-corrected chi connectivity index (χ1v) is 9.42. The van der Waals surface area contributed by atoms with E-state index in [-0.39, 0.29) is 12.3 Å². The van der Waals surface area contributed by atoms with E-state index in [9.17, 15) is 18.8 Å². The lowest BCUT2D eigenvalue weighted by molar-refractivity contribution is -0.156. The summed E-state index contributed by atoms with van der Waals surface area (Å²) in [5, 5.41) is 6.06. The lowest BCUT2D eigenvalue weighted by atomic mass is 10.0. The Hall–Kier alpha value is -3.68. The maximum Gasteiger partial charge on any atom is 0.329 e. The molecule has 3 N–H and O–H groups in total. The van der Waals surface area contributed by atoms with Gasteiger partial charge in [-0.15, -0.1) is 0 Å². The van der Waals surface area contributed by atoms with Crippen molar-refractivity contribution in [1.82, 2.24) is 10.3 Å². The Kier molecular flexibility index (Phi) is 6.46. The van der Waals surface area contributed by atoms with Gasteiger partial charge >= 0.3 is 5.97 Å². The van der Waals surface area contributed by atoms with Crippen molar-refractivity contribution in [3.63, 3.8) is 0 Å². The highest BCUT2D eigenvalue weighted by molar-refractivity contribution is 5.95. The highest BCUT2D eigenvalue weighted by Crippen LogP contribution is 2.19. The van der Waals surface area contributed by atoms with Crippen LogP contribution in [0.2, 0.25) is 0 Å². The van der Waals surface area contributed by atoms with Crippen LogP contribution in [0.5, 0.6) is 0 Å². The number of hydrogen-bond donors (Lipinski definition) is 3. The highest BCUT2D eigenvalue weighted by Gasteiger charge is 2.27. The largest absolute Gasteiger partial charge is 0.451 e. The van der Waals surface area contributed by atoms with Crippen LogP contribution in [0.25, 0.3) is 10.9 Å². The fourth-order valence-corrected chi connectivity index (χ4v) is 3.05. The zero-order valence-corrected chi connectivity index (χ0v) is 16.6. The molecule has 1 heterocycles. The molecule has 2 amide bonds. The van der Waals surface area contributed by atoms with Crippen molar-refractivity contribution in [2.24, 2.45) is 0 Å². The van der Waals surface area contributed by atoms with Crippen molar-refractivity contribution < 1.29 is 23.5 Å². The van der Waals surface area contributed by atoms with Gasteiger partial charge in [-0.25, -0.2) is 9.18 Å². The van der Waals surface area contributed by atoms with E-state index in [0.29, 0.717) is 5.69 Å². The second-order valence-corrected chi connectivity index (χ2v) is 6.89. The Bertz CT molecular complexity index is 1060. The van der Waals surface area contributed by atoms with Gasteiger partial charge in [0.15, 0.2) is 6.10 Å². The van der Waals surface area contributed by atoms with E-state index >= 15 is 0 Å². The van der Waals surface area contributed by atoms with Crippen LogP contribution in [-0.2, 0) is 25.5 Å². The summed E-state index contributed by atoms with van der Waals surface area (Å²) < 4.78 is 18.3. The van der Waals surface area contributed by atoms with Crippen LogP contribution in [0.15, 0.2) is 54.7 Å². The first kappa shape index (κ1) is 21.0. The summed E-state index contributed by atoms with van der Waals surface area (Å²) in [7, 11) is 0. The zero-order chi connectivity index (χ0) is 21.7. The Morgan fingerprint density at radius 2 is 1.80 bits per heavy atom. The molecule has 3 aromatic rings. The predicted molar refractivity (Wildman–Crippen MR) is 110 cm³/mol. The van der Waals surface area contributed by atoms with Gasteiger partial charge < -0.3 is 20.4 Å². The molecule has 0 saturated carbocycles. The third-order valence-electron chi connectivity index (χ3n) is 4.53. The van der Waals surface area contributed by atoms with Crippen molar-refractivity contribution in [2.45, 2.75) is 32.4 Å². The third kappa shape index (κ3) is 5.22. The number of hydrogen-bond acceptors (Lipinski definition) is 4. The number of aromatic nitrogens is 1. The summed E-state index contributed by atoms with van der Waals surface area (Å²) in [5.74, 6) is -2.11. The molecule has 0 aliphatic rings. The van der Waals surface area contributed by atoms with Gasteiger partial charge in [-0.2, -0.15) is 0 Å². The molecule has 30 heavy (non-hydrogen) atoms. The molecule has 2 atom stereocenters. The van der Waals surface area contributed by atoms with Crippen LogP contribution >= 0.6 is 0 Å². The molecule has 0 saturated heterocycles. The zero-order valence-electron chi connectivity index (χ0n) is 16.6. The number of aromatic amines is 1. The fourth-order valence-electron chi connectivity index (χ4n) is 3.05. The standard InChI is InChI=1S/C22H22FN3O4/c1-13(21(28)26-17-9-7-16(23)8-10-17)30-22(29)20(25-14(2)27)11-15-12-24-19-6-4-3-5-18(15)19/h3-10,12-13,20,24H,11H2,1-2H3,(H,25,27)(H,26,28)/t13-,20-/m0/s1. The van der Waals surface area contributed by atoms with E-state index < -0.39 is 29.8 Å². The number of amides is 2. The number of carbonyl (C=O) groups excluding carboxylic acids is 3. The topological polar surface area (TPSA) is 100 Å². The average molecular weight is 411 g/mol. The summed E-state index contributed by atoms with van der Waals surface area (Å²) in [6.07, 6.45) is 0.869. The lowest BCUT2D eigenvalue weighted by Gasteiger charge is -2.20. The smallest absolute Gasteiger partial charge is 0.329 e. The van der Waals surface area contributed by atoms with E-state index in [4.69, 9.17) is 4.74 Å². The molecular weight excluding hydrogens is 389 g/mol. The number of anilines is 1. The fraction of sp³-hybridized carbons (Fsp3) is 0.227. The molecule has 0 aliphatic carbocycles. The molecule has 0 spiro atoms. The van der Waals surface area contributed by atoms with E-state index in [1.54, 1.807) is 6.20 Å². The Labute approximate surface area is 172 Å². The SMILES string of the molecule is CC(=O)N[C@@H](Cc1c[nH]c2ccccc12)C(=O)O[C@@H](C)C(=O)Nc1ccc(F)cc1. The monoisotopic (exact) mass is 411 g/mol. The van der Waals surface area contributed by atoms with E-state index in [2.05, 4.69) is 15.6 Å². The number of para-hydroxylation sites is 1. The van der Waals surface area contributed by atoms with Crippen molar-refractivity contribution >= 4 is 34.4 Å². The second kappa shape index (κ2) is 9.21. The van der Waals surface area contributed by atoms with Gasteiger partial charge in [0, 0.05) is 36.1 Å². The van der Waals surface area contributed by atoms with E-state index in [0.717, 1.165) is 16.5 Å². The van der Waals surface area contributed by atoms with Crippen LogP contribution in [0.1, 0.15) is 19.4 Å². The molecule has 0 unspecified atom stereocenters. The normalized spacial score (nSPS) is 12.8. The maximum absolute atomic E-state index is 13.0. The maximum atomic E-state index is 13.0. The highest BCUT2D eigenvalue weighted by atomic mass is 19.1. The van der Waals surface area contributed by atoms with Gasteiger partial charge in [-0.1, -0.05) is 18.2 Å². The molecule has 8 heteroatoms. The average Bonchev–Trinajstić information content (AvgIpc) is 3.11. The van der Waals surface area contributed by atoms with Crippen LogP contribution in [-0.4, -0.2) is 34.9 Å². The second-order valence-electron chi connectivity index (χ2n) is 6.89. The molecule has 0 bridgehead atoms. The Balaban J connectivity index is 1.67. The minimum Gasteiger partial charge on any atom is -0.451 e. The van der Waals surface area contributed by atoms with Gasteiger partial charge in [-0.3, -0.25) is 9.59 Å². The minimum atomic E-state index is -1.11. The molecule has 1 aromatic heterocycles. The third-order valence-corrected chi connectivity index (χ3v) is 4.53. The molecule has 2 aromatic carbocycles. The first-order chi connectivity index (χ1) is 14.3. The summed E-state index contributed by atoms with van der Waals surface area (Å²) in [6.45, 7) is 2.73. The number of nitrogens with one attached hydrogen (secondary N) is 3. The van der Waals surface area contributed by atoms with E-state index in [1.165, 1.54) is 38.1 Å². The number of fused-ring (bicyclic) bond motifs is 1. The summed E-state index contributed by atoms with van der Waals surface area (Å²) in [5.41, 5.74) is 2.13. The van der Waals surface area contributed by atoms with Crippen molar-refractivity contribution in [3.8, 4) is 0 Å². The molecule has 156 valence electrons. The Morgan fingerprint density at radius 1 is 1.10 bits per heavy atom. The number of halogens is 1. The van der Waals surface area contributed by atoms with Gasteiger partial charge in [-0.05, 0) is 42.8 Å². The van der Waals surface area contributed by atoms with Crippen molar-refractivity contribution in [1.29, 1.82) is 0 Å². The number of carbonyl (C=O) groups is 3. The summed E-state index contributed by atoms with van der Waals surface area (Å²) in [6, 6.07) is 11.9. The number of esters is 1. The van der Waals surface area contributed by atoms with Crippen LogP contribution in [0.4, 0.5) is 10.1 Å². The van der Waals surface area contributed by atoms with Crippen LogP contribution in [0.3, 0.4) is 0 Å². The van der Waals surface area contributed by atoms with Crippen LogP contribution in [0, 0.1) is 5.82 Å². The predicted octanol–water partition coefficient (Wildman–Crippen LogP) is 2.92. The van der Waals surface area contributed by atoms with E-state index in [1.807, 2.05) is 24.3 Å². The van der Waals surface area contributed by atoms with Gasteiger partial charge in [0.1, 0.15) is 11.9 Å². The Morgan fingerprint density at radius 3 is 2.50 bits per heavy atom. The first-order valence-electron chi connectivity index (χ1n) is 9.42.